The molecule has 2 aliphatic rings. The fourth-order valence-electron chi connectivity index (χ4n) is 4.06. The molecule has 1 fully saturated rings. The van der Waals surface area contributed by atoms with E-state index in [1.54, 1.807) is 18.2 Å². The molecule has 0 aromatic heterocycles. The lowest BCUT2D eigenvalue weighted by atomic mass is 9.81. The van der Waals surface area contributed by atoms with Crippen LogP contribution < -0.4 is 10.5 Å². The first-order valence-corrected chi connectivity index (χ1v) is 9.71. The lowest BCUT2D eigenvalue weighted by molar-refractivity contribution is -0.0213. The van der Waals surface area contributed by atoms with Gasteiger partial charge in [-0.1, -0.05) is 35.9 Å². The third-order valence-electron chi connectivity index (χ3n) is 5.89. The minimum Gasteiger partial charge on any atom is -0.482 e. The van der Waals surface area contributed by atoms with Crippen LogP contribution in [0.4, 0.5) is 0 Å². The van der Waals surface area contributed by atoms with Crippen molar-refractivity contribution >= 4 is 11.6 Å². The number of ether oxygens (including phenoxy) is 1. The molecule has 0 saturated carbocycles. The zero-order chi connectivity index (χ0) is 19.2. The second-order valence-corrected chi connectivity index (χ2v) is 8.65. The van der Waals surface area contributed by atoms with Gasteiger partial charge in [0.05, 0.1) is 22.7 Å². The van der Waals surface area contributed by atoms with Crippen LogP contribution >= 0.6 is 11.6 Å². The SMILES string of the molecule is CC(C)(N)C1CN([C@@H]2Cc3ccccc3[C@H]2Oc2ccc(C#N)cc2Cl)C1. The van der Waals surface area contributed by atoms with Gasteiger partial charge in [0.2, 0.25) is 0 Å². The van der Waals surface area contributed by atoms with Crippen LogP contribution in [0.3, 0.4) is 0 Å². The minimum atomic E-state index is -0.158. The van der Waals surface area contributed by atoms with Gasteiger partial charge in [0.25, 0.3) is 0 Å². The Morgan fingerprint density at radius 3 is 2.63 bits per heavy atom. The summed E-state index contributed by atoms with van der Waals surface area (Å²) in [4.78, 5) is 2.47. The van der Waals surface area contributed by atoms with Gasteiger partial charge in [-0.2, -0.15) is 5.26 Å². The van der Waals surface area contributed by atoms with Crippen LogP contribution in [0.25, 0.3) is 0 Å². The van der Waals surface area contributed by atoms with Crippen molar-refractivity contribution in [2.45, 2.75) is 38.0 Å². The predicted molar refractivity (Wildman–Crippen MR) is 107 cm³/mol. The quantitative estimate of drug-likeness (QED) is 0.871. The summed E-state index contributed by atoms with van der Waals surface area (Å²) in [6, 6.07) is 16.0. The molecule has 1 aliphatic carbocycles. The van der Waals surface area contributed by atoms with Crippen molar-refractivity contribution in [1.82, 2.24) is 4.90 Å². The van der Waals surface area contributed by atoms with Crippen LogP contribution in [0, 0.1) is 17.2 Å². The standard InChI is InChI=1S/C22H24ClN3O/c1-22(2,25)16-12-26(13-16)19-10-15-5-3-4-6-17(15)21(19)27-20-8-7-14(11-24)9-18(20)23/h3-9,16,19,21H,10,12-13,25H2,1-2H3/t19-,21-/m1/s1. The molecule has 1 aliphatic heterocycles. The monoisotopic (exact) mass is 381 g/mol. The molecule has 4 nitrogen and oxygen atoms in total. The van der Waals surface area contributed by atoms with E-state index in [1.807, 2.05) is 0 Å². The molecule has 5 heteroatoms. The Balaban J connectivity index is 1.59. The van der Waals surface area contributed by atoms with Crippen LogP contribution in [-0.2, 0) is 6.42 Å². The number of hydrogen-bond acceptors (Lipinski definition) is 4. The summed E-state index contributed by atoms with van der Waals surface area (Å²) < 4.78 is 6.41. The van der Waals surface area contributed by atoms with Crippen molar-refractivity contribution in [3.8, 4) is 11.8 Å². The number of rotatable bonds is 4. The van der Waals surface area contributed by atoms with E-state index in [0.717, 1.165) is 19.5 Å². The number of nitrogens with two attached hydrogens (primary N) is 1. The Morgan fingerprint density at radius 2 is 1.96 bits per heavy atom. The lowest BCUT2D eigenvalue weighted by Gasteiger charge is -2.49. The largest absolute Gasteiger partial charge is 0.482 e. The Labute approximate surface area is 165 Å². The second-order valence-electron chi connectivity index (χ2n) is 8.24. The molecular formula is C22H24ClN3O. The summed E-state index contributed by atoms with van der Waals surface area (Å²) in [5, 5.41) is 9.52. The van der Waals surface area contributed by atoms with Gasteiger partial charge in [0.1, 0.15) is 11.9 Å². The molecule has 2 N–H and O–H groups in total. The molecule has 0 amide bonds. The highest BCUT2D eigenvalue weighted by Gasteiger charge is 2.45. The second kappa shape index (κ2) is 6.83. The van der Waals surface area contributed by atoms with E-state index in [-0.39, 0.29) is 17.7 Å². The lowest BCUT2D eigenvalue weighted by Crippen LogP contribution is -2.62. The third kappa shape index (κ3) is 3.43. The minimum absolute atomic E-state index is 0.0755. The van der Waals surface area contributed by atoms with Gasteiger partial charge in [-0.25, -0.2) is 0 Å². The van der Waals surface area contributed by atoms with Crippen molar-refractivity contribution in [2.24, 2.45) is 11.7 Å². The van der Waals surface area contributed by atoms with Crippen LogP contribution in [0.15, 0.2) is 42.5 Å². The van der Waals surface area contributed by atoms with Gasteiger partial charge in [0.15, 0.2) is 0 Å². The molecule has 1 heterocycles. The van der Waals surface area contributed by atoms with E-state index in [0.29, 0.717) is 22.3 Å². The van der Waals surface area contributed by atoms with Gasteiger partial charge < -0.3 is 10.5 Å². The van der Waals surface area contributed by atoms with Crippen molar-refractivity contribution in [3.63, 3.8) is 0 Å². The van der Waals surface area contributed by atoms with Crippen LogP contribution in [0.2, 0.25) is 5.02 Å². The first kappa shape index (κ1) is 18.3. The fourth-order valence-corrected chi connectivity index (χ4v) is 4.28. The first-order valence-electron chi connectivity index (χ1n) is 9.34. The van der Waals surface area contributed by atoms with Crippen molar-refractivity contribution in [3.05, 3.63) is 64.2 Å². The zero-order valence-corrected chi connectivity index (χ0v) is 16.4. The summed E-state index contributed by atoms with van der Waals surface area (Å²) >= 11 is 6.37. The molecule has 2 aromatic rings. The van der Waals surface area contributed by atoms with Gasteiger partial charge >= 0.3 is 0 Å². The molecule has 0 unspecified atom stereocenters. The van der Waals surface area contributed by atoms with Crippen molar-refractivity contribution in [1.29, 1.82) is 5.26 Å². The number of halogens is 1. The molecule has 0 radical (unpaired) electrons. The highest BCUT2D eigenvalue weighted by atomic mass is 35.5. The number of hydrogen-bond donors (Lipinski definition) is 1. The van der Waals surface area contributed by atoms with E-state index < -0.39 is 0 Å². The van der Waals surface area contributed by atoms with Gasteiger partial charge in [-0.05, 0) is 49.6 Å². The van der Waals surface area contributed by atoms with E-state index in [9.17, 15) is 0 Å². The average molecular weight is 382 g/mol. The molecule has 4 rings (SSSR count). The summed E-state index contributed by atoms with van der Waals surface area (Å²) in [6.45, 7) is 6.18. The predicted octanol–water partition coefficient (Wildman–Crippen LogP) is 3.93. The summed E-state index contributed by atoms with van der Waals surface area (Å²) in [5.41, 5.74) is 9.21. The summed E-state index contributed by atoms with van der Waals surface area (Å²) in [6.07, 6.45) is 0.889. The van der Waals surface area contributed by atoms with Crippen LogP contribution in [-0.4, -0.2) is 29.6 Å². The number of nitrogens with zero attached hydrogens (tertiary/aromatic N) is 2. The maximum atomic E-state index is 9.05. The molecule has 2 aromatic carbocycles. The van der Waals surface area contributed by atoms with Crippen LogP contribution in [0.5, 0.6) is 5.75 Å². The van der Waals surface area contributed by atoms with Gasteiger partial charge in [-0.3, -0.25) is 4.90 Å². The van der Waals surface area contributed by atoms with Crippen molar-refractivity contribution in [2.75, 3.05) is 13.1 Å². The number of benzene rings is 2. The Morgan fingerprint density at radius 1 is 1.22 bits per heavy atom. The molecule has 140 valence electrons. The van der Waals surface area contributed by atoms with E-state index in [1.165, 1.54) is 11.1 Å². The summed E-state index contributed by atoms with van der Waals surface area (Å²) in [5.74, 6) is 1.12. The highest BCUT2D eigenvalue weighted by Crippen LogP contribution is 2.42. The Hall–Kier alpha value is -2.06. The third-order valence-corrected chi connectivity index (χ3v) is 6.18. The average Bonchev–Trinajstić information content (AvgIpc) is 2.92. The zero-order valence-electron chi connectivity index (χ0n) is 15.7. The Kier molecular flexibility index (Phi) is 4.63. The number of nitriles is 1. The Bertz CT molecular complexity index is 893. The van der Waals surface area contributed by atoms with Gasteiger partial charge in [0, 0.05) is 24.5 Å². The molecule has 0 bridgehead atoms. The van der Waals surface area contributed by atoms with E-state index in [4.69, 9.17) is 27.3 Å². The maximum absolute atomic E-state index is 9.05. The fraction of sp³-hybridized carbons (Fsp3) is 0.409. The summed E-state index contributed by atoms with van der Waals surface area (Å²) in [7, 11) is 0. The molecule has 27 heavy (non-hydrogen) atoms. The maximum Gasteiger partial charge on any atom is 0.140 e. The molecule has 1 saturated heterocycles. The van der Waals surface area contributed by atoms with Crippen LogP contribution in [0.1, 0.15) is 36.6 Å². The van der Waals surface area contributed by atoms with E-state index >= 15 is 0 Å². The molecule has 0 spiro atoms. The first-order chi connectivity index (χ1) is 12.9. The molecule has 2 atom stereocenters. The smallest absolute Gasteiger partial charge is 0.140 e. The highest BCUT2D eigenvalue weighted by molar-refractivity contribution is 6.32. The topological polar surface area (TPSA) is 62.3 Å². The number of likely N-dealkylation sites (tertiary alicyclic amines) is 1. The van der Waals surface area contributed by atoms with Gasteiger partial charge in [-0.15, -0.1) is 0 Å². The van der Waals surface area contributed by atoms with E-state index in [2.05, 4.69) is 49.1 Å². The normalized spacial score (nSPS) is 22.8. The molecular weight excluding hydrogens is 358 g/mol. The van der Waals surface area contributed by atoms with Crippen molar-refractivity contribution < 1.29 is 4.74 Å². The number of fused-ring (bicyclic) bond motifs is 1.